The first-order valence-electron chi connectivity index (χ1n) is 12.7. The molecule has 0 bridgehead atoms. The zero-order valence-corrected chi connectivity index (χ0v) is 23.0. The zero-order chi connectivity index (χ0) is 28.1. The van der Waals surface area contributed by atoms with Crippen LogP contribution in [0.15, 0.2) is 22.7 Å². The number of hydrogen-bond donors (Lipinski definition) is 4. The molecule has 2 aromatic rings. The molecule has 3 atom stereocenters. The highest BCUT2D eigenvalue weighted by atomic mass is 16.5. The Balaban J connectivity index is 1.87. The molecule has 1 aromatic carbocycles. The fourth-order valence-electron chi connectivity index (χ4n) is 4.16. The van der Waals surface area contributed by atoms with Crippen molar-refractivity contribution < 1.29 is 28.8 Å². The maximum absolute atomic E-state index is 13.5. The summed E-state index contributed by atoms with van der Waals surface area (Å²) in [6.07, 6.45) is -0.473. The molecule has 0 spiro atoms. The number of amides is 5. The lowest BCUT2D eigenvalue weighted by atomic mass is 9.99. The highest BCUT2D eigenvalue weighted by Gasteiger charge is 2.34. The van der Waals surface area contributed by atoms with Gasteiger partial charge in [0.25, 0.3) is 5.91 Å². The van der Waals surface area contributed by atoms with Crippen LogP contribution >= 0.6 is 0 Å². The molecule has 0 aliphatic carbocycles. The molecular formula is C26H38N6O6. The highest BCUT2D eigenvalue weighted by Crippen LogP contribution is 2.31. The van der Waals surface area contributed by atoms with Crippen LogP contribution in [0.1, 0.15) is 49.5 Å². The Morgan fingerprint density at radius 1 is 1.24 bits per heavy atom. The summed E-state index contributed by atoms with van der Waals surface area (Å²) in [5.41, 5.74) is 1.78. The van der Waals surface area contributed by atoms with Crippen molar-refractivity contribution in [3.8, 4) is 5.75 Å². The van der Waals surface area contributed by atoms with Crippen molar-refractivity contribution in [3.63, 3.8) is 0 Å². The van der Waals surface area contributed by atoms with Crippen LogP contribution in [0, 0.1) is 19.8 Å². The smallest absolute Gasteiger partial charge is 0.321 e. The van der Waals surface area contributed by atoms with Gasteiger partial charge in [0.15, 0.2) is 5.76 Å². The van der Waals surface area contributed by atoms with E-state index in [2.05, 4.69) is 21.1 Å². The number of carbonyl (C=O) groups excluding carboxylic acids is 3. The van der Waals surface area contributed by atoms with Gasteiger partial charge in [0.1, 0.15) is 23.2 Å². The standard InChI is InChI=1S/C26H38N6O6/c1-14(2)27-25(35)28-19-8-9-21-20(10-19)24(34)32(16(4)13-33)11-15(3)22(37-21)12-31(7)26(36)29-23-17(5)30-38-18(23)6/h8-10,14-16,22,33H,11-13H2,1-7H3,(H,29,36)(H2,27,28,35)/t15-,16+,22-/m1/s1. The molecule has 2 heterocycles. The summed E-state index contributed by atoms with van der Waals surface area (Å²) < 4.78 is 11.4. The van der Waals surface area contributed by atoms with Gasteiger partial charge in [0.2, 0.25) is 0 Å². The van der Waals surface area contributed by atoms with Crippen molar-refractivity contribution >= 4 is 29.3 Å². The number of nitrogens with one attached hydrogen (secondary N) is 3. The van der Waals surface area contributed by atoms with Crippen molar-refractivity contribution in [1.82, 2.24) is 20.3 Å². The first-order valence-corrected chi connectivity index (χ1v) is 12.7. The molecule has 0 saturated heterocycles. The van der Waals surface area contributed by atoms with Crippen LogP contribution in [-0.2, 0) is 0 Å². The SMILES string of the molecule is Cc1noc(C)c1NC(=O)N(C)C[C@H]1Oc2ccc(NC(=O)NC(C)C)cc2C(=O)N([C@@H](C)CO)C[C@H]1C. The Morgan fingerprint density at radius 3 is 2.55 bits per heavy atom. The Bertz CT molecular complexity index is 1150. The molecule has 1 aliphatic rings. The first-order chi connectivity index (χ1) is 17.9. The normalized spacial score (nSPS) is 18.1. The summed E-state index contributed by atoms with van der Waals surface area (Å²) in [5, 5.41) is 22.0. The van der Waals surface area contributed by atoms with Crippen molar-refractivity contribution in [1.29, 1.82) is 0 Å². The molecule has 5 amide bonds. The van der Waals surface area contributed by atoms with E-state index in [0.29, 0.717) is 35.1 Å². The van der Waals surface area contributed by atoms with Crippen LogP contribution in [0.25, 0.3) is 0 Å². The molecule has 1 aliphatic heterocycles. The summed E-state index contributed by atoms with van der Waals surface area (Å²) in [6.45, 7) is 11.2. The number of aliphatic hydroxyl groups excluding tert-OH is 1. The van der Waals surface area contributed by atoms with Gasteiger partial charge in [0.05, 0.1) is 24.8 Å². The molecule has 0 saturated carbocycles. The van der Waals surface area contributed by atoms with E-state index < -0.39 is 18.2 Å². The molecule has 1 aromatic heterocycles. The summed E-state index contributed by atoms with van der Waals surface area (Å²) in [7, 11) is 1.66. The maximum Gasteiger partial charge on any atom is 0.321 e. The van der Waals surface area contributed by atoms with Gasteiger partial charge >= 0.3 is 12.1 Å². The summed E-state index contributed by atoms with van der Waals surface area (Å²) >= 11 is 0. The van der Waals surface area contributed by atoms with E-state index in [4.69, 9.17) is 9.26 Å². The molecule has 12 nitrogen and oxygen atoms in total. The number of anilines is 2. The maximum atomic E-state index is 13.5. The number of benzene rings is 1. The van der Waals surface area contributed by atoms with Gasteiger partial charge < -0.3 is 40.1 Å². The second-order valence-electron chi connectivity index (χ2n) is 10.1. The van der Waals surface area contributed by atoms with Crippen LogP contribution in [-0.4, -0.2) is 83.0 Å². The minimum Gasteiger partial charge on any atom is -0.487 e. The lowest BCUT2D eigenvalue weighted by molar-refractivity contribution is 0.0371. The second-order valence-corrected chi connectivity index (χ2v) is 10.1. The van der Waals surface area contributed by atoms with Gasteiger partial charge in [-0.1, -0.05) is 12.1 Å². The lowest BCUT2D eigenvalue weighted by Crippen LogP contribution is -2.50. The third-order valence-corrected chi connectivity index (χ3v) is 6.41. The third-order valence-electron chi connectivity index (χ3n) is 6.41. The average molecular weight is 531 g/mol. The van der Waals surface area contributed by atoms with Crippen molar-refractivity contribution in [2.75, 3.05) is 37.4 Å². The predicted octanol–water partition coefficient (Wildman–Crippen LogP) is 3.21. The third kappa shape index (κ3) is 6.74. The topological polar surface area (TPSA) is 149 Å². The quantitative estimate of drug-likeness (QED) is 0.429. The average Bonchev–Trinajstić information content (AvgIpc) is 3.17. The molecule has 0 radical (unpaired) electrons. The van der Waals surface area contributed by atoms with E-state index in [0.717, 1.165) is 0 Å². The molecule has 0 fully saturated rings. The van der Waals surface area contributed by atoms with Crippen LogP contribution in [0.2, 0.25) is 0 Å². The predicted molar refractivity (Wildman–Crippen MR) is 143 cm³/mol. The minimum absolute atomic E-state index is 0.0563. The van der Waals surface area contributed by atoms with Gasteiger partial charge in [0, 0.05) is 31.2 Å². The number of likely N-dealkylation sites (N-methyl/N-ethyl adjacent to an activating group) is 1. The molecule has 0 unspecified atom stereocenters. The fourth-order valence-corrected chi connectivity index (χ4v) is 4.16. The first kappa shape index (κ1) is 28.8. The molecular weight excluding hydrogens is 492 g/mol. The molecule has 4 N–H and O–H groups in total. The van der Waals surface area contributed by atoms with Crippen LogP contribution < -0.4 is 20.7 Å². The Kier molecular flexibility index (Phi) is 9.21. The Morgan fingerprint density at radius 2 is 1.95 bits per heavy atom. The van der Waals surface area contributed by atoms with E-state index in [-0.39, 0.29) is 42.6 Å². The number of urea groups is 2. The Hall–Kier alpha value is -3.80. The molecule has 12 heteroatoms. The van der Waals surface area contributed by atoms with E-state index >= 15 is 0 Å². The van der Waals surface area contributed by atoms with Crippen LogP contribution in [0.5, 0.6) is 5.75 Å². The summed E-state index contributed by atoms with van der Waals surface area (Å²) in [4.78, 5) is 41.8. The monoisotopic (exact) mass is 530 g/mol. The number of aliphatic hydroxyl groups is 1. The zero-order valence-electron chi connectivity index (χ0n) is 23.0. The number of aromatic nitrogens is 1. The summed E-state index contributed by atoms with van der Waals surface area (Å²) in [6, 6.07) is 3.60. The highest BCUT2D eigenvalue weighted by molar-refractivity contribution is 5.99. The second kappa shape index (κ2) is 12.2. The number of nitrogens with zero attached hydrogens (tertiary/aromatic N) is 3. The van der Waals surface area contributed by atoms with Gasteiger partial charge in [-0.3, -0.25) is 4.79 Å². The minimum atomic E-state index is -0.473. The van der Waals surface area contributed by atoms with E-state index in [1.807, 2.05) is 20.8 Å². The molecule has 3 rings (SSSR count). The lowest BCUT2D eigenvalue weighted by Gasteiger charge is -2.38. The number of carbonyl (C=O) groups is 3. The Labute approximate surface area is 222 Å². The number of ether oxygens (including phenoxy) is 1. The molecule has 38 heavy (non-hydrogen) atoms. The molecule has 208 valence electrons. The number of aryl methyl sites for hydroxylation is 2. The van der Waals surface area contributed by atoms with Crippen LogP contribution in [0.3, 0.4) is 0 Å². The summed E-state index contributed by atoms with van der Waals surface area (Å²) in [5.74, 6) is 0.345. The van der Waals surface area contributed by atoms with E-state index in [9.17, 15) is 19.5 Å². The number of rotatable bonds is 7. The van der Waals surface area contributed by atoms with Gasteiger partial charge in [-0.2, -0.15) is 0 Å². The van der Waals surface area contributed by atoms with Gasteiger partial charge in [-0.05, 0) is 52.8 Å². The van der Waals surface area contributed by atoms with Gasteiger partial charge in [-0.25, -0.2) is 9.59 Å². The van der Waals surface area contributed by atoms with E-state index in [1.54, 1.807) is 50.9 Å². The van der Waals surface area contributed by atoms with E-state index in [1.165, 1.54) is 4.90 Å². The number of hydrogen-bond acceptors (Lipinski definition) is 7. The largest absolute Gasteiger partial charge is 0.487 e. The van der Waals surface area contributed by atoms with Crippen molar-refractivity contribution in [2.45, 2.75) is 59.7 Å². The number of fused-ring (bicyclic) bond motifs is 1. The van der Waals surface area contributed by atoms with Crippen LogP contribution in [0.4, 0.5) is 21.0 Å². The van der Waals surface area contributed by atoms with Gasteiger partial charge in [-0.15, -0.1) is 0 Å². The van der Waals surface area contributed by atoms with Crippen molar-refractivity contribution in [2.24, 2.45) is 5.92 Å². The fraction of sp³-hybridized carbons (Fsp3) is 0.538. The van der Waals surface area contributed by atoms with Crippen molar-refractivity contribution in [3.05, 3.63) is 35.2 Å².